The van der Waals surface area contributed by atoms with Gasteiger partial charge in [0.15, 0.2) is 5.82 Å². The molecule has 1 fully saturated rings. The highest BCUT2D eigenvalue weighted by Gasteiger charge is 2.36. The predicted molar refractivity (Wildman–Crippen MR) is 77.2 cm³/mol. The SMILES string of the molecule is C[C@H](N[C@H](c1nc(-c2ncn[nH]2)no1)C(C)(C)C)C1CC1. The van der Waals surface area contributed by atoms with Gasteiger partial charge in [0.25, 0.3) is 0 Å². The third kappa shape index (κ3) is 3.12. The van der Waals surface area contributed by atoms with Crippen molar-refractivity contribution in [2.24, 2.45) is 11.3 Å². The molecular formula is C14H22N6O. The zero-order chi connectivity index (χ0) is 15.0. The first kappa shape index (κ1) is 14.2. The van der Waals surface area contributed by atoms with Crippen molar-refractivity contribution in [3.05, 3.63) is 12.2 Å². The predicted octanol–water partition coefficient (Wildman–Crippen LogP) is 2.33. The van der Waals surface area contributed by atoms with Crippen molar-refractivity contribution in [2.45, 2.75) is 52.6 Å². The van der Waals surface area contributed by atoms with Crippen LogP contribution in [0.2, 0.25) is 0 Å². The molecule has 0 saturated heterocycles. The molecule has 1 aliphatic rings. The van der Waals surface area contributed by atoms with E-state index in [9.17, 15) is 0 Å². The highest BCUT2D eigenvalue weighted by molar-refractivity contribution is 5.39. The summed E-state index contributed by atoms with van der Waals surface area (Å²) < 4.78 is 5.47. The molecule has 7 nitrogen and oxygen atoms in total. The molecule has 3 rings (SSSR count). The minimum Gasteiger partial charge on any atom is -0.337 e. The Hall–Kier alpha value is -1.76. The van der Waals surface area contributed by atoms with Gasteiger partial charge in [-0.15, -0.1) is 0 Å². The molecule has 2 aromatic rings. The molecule has 0 unspecified atom stereocenters. The summed E-state index contributed by atoms with van der Waals surface area (Å²) in [5.74, 6) is 2.33. The van der Waals surface area contributed by atoms with Gasteiger partial charge in [-0.1, -0.05) is 25.9 Å². The van der Waals surface area contributed by atoms with E-state index in [0.717, 1.165) is 5.92 Å². The summed E-state index contributed by atoms with van der Waals surface area (Å²) in [4.78, 5) is 8.53. The molecule has 1 aliphatic carbocycles. The van der Waals surface area contributed by atoms with Crippen molar-refractivity contribution in [3.63, 3.8) is 0 Å². The van der Waals surface area contributed by atoms with E-state index in [2.05, 4.69) is 58.3 Å². The van der Waals surface area contributed by atoms with Crippen LogP contribution in [0.4, 0.5) is 0 Å². The first-order valence-electron chi connectivity index (χ1n) is 7.40. The molecule has 2 N–H and O–H groups in total. The van der Waals surface area contributed by atoms with Crippen LogP contribution in [0, 0.1) is 11.3 Å². The molecule has 1 saturated carbocycles. The van der Waals surface area contributed by atoms with Crippen LogP contribution in [0.5, 0.6) is 0 Å². The van der Waals surface area contributed by atoms with E-state index >= 15 is 0 Å². The number of hydrogen-bond acceptors (Lipinski definition) is 6. The van der Waals surface area contributed by atoms with Gasteiger partial charge in [-0.05, 0) is 31.1 Å². The van der Waals surface area contributed by atoms with E-state index in [0.29, 0.717) is 23.6 Å². The Morgan fingerprint density at radius 2 is 2.14 bits per heavy atom. The van der Waals surface area contributed by atoms with Crippen molar-refractivity contribution >= 4 is 0 Å². The van der Waals surface area contributed by atoms with Gasteiger partial charge < -0.3 is 9.84 Å². The van der Waals surface area contributed by atoms with E-state index in [1.165, 1.54) is 19.2 Å². The number of aromatic amines is 1. The van der Waals surface area contributed by atoms with Crippen LogP contribution >= 0.6 is 0 Å². The molecule has 2 heterocycles. The van der Waals surface area contributed by atoms with Crippen LogP contribution in [0.25, 0.3) is 11.6 Å². The molecule has 0 radical (unpaired) electrons. The van der Waals surface area contributed by atoms with Gasteiger partial charge in [0.1, 0.15) is 6.33 Å². The largest absolute Gasteiger partial charge is 0.337 e. The van der Waals surface area contributed by atoms with Crippen molar-refractivity contribution in [1.29, 1.82) is 0 Å². The Balaban J connectivity index is 1.82. The molecule has 21 heavy (non-hydrogen) atoms. The van der Waals surface area contributed by atoms with E-state index in [1.807, 2.05) is 0 Å². The van der Waals surface area contributed by atoms with Crippen LogP contribution < -0.4 is 5.32 Å². The summed E-state index contributed by atoms with van der Waals surface area (Å²) in [6, 6.07) is 0.465. The van der Waals surface area contributed by atoms with E-state index in [1.54, 1.807) is 0 Å². The maximum Gasteiger partial charge on any atom is 0.244 e. The molecule has 0 aromatic carbocycles. The normalized spacial score (nSPS) is 18.7. The summed E-state index contributed by atoms with van der Waals surface area (Å²) >= 11 is 0. The van der Waals surface area contributed by atoms with Gasteiger partial charge in [-0.2, -0.15) is 10.1 Å². The van der Waals surface area contributed by atoms with Crippen LogP contribution in [0.1, 0.15) is 52.5 Å². The minimum atomic E-state index is -0.0195. The van der Waals surface area contributed by atoms with Gasteiger partial charge in [-0.25, -0.2) is 4.98 Å². The van der Waals surface area contributed by atoms with Crippen molar-refractivity contribution in [3.8, 4) is 11.6 Å². The summed E-state index contributed by atoms with van der Waals surface area (Å²) in [7, 11) is 0. The lowest BCUT2D eigenvalue weighted by Crippen LogP contribution is -2.39. The molecule has 2 atom stereocenters. The number of aromatic nitrogens is 5. The van der Waals surface area contributed by atoms with Crippen molar-refractivity contribution < 1.29 is 4.52 Å². The quantitative estimate of drug-likeness (QED) is 0.878. The van der Waals surface area contributed by atoms with E-state index in [-0.39, 0.29) is 11.5 Å². The number of rotatable bonds is 5. The first-order valence-corrected chi connectivity index (χ1v) is 7.40. The Labute approximate surface area is 123 Å². The van der Waals surface area contributed by atoms with Crippen LogP contribution in [0.15, 0.2) is 10.9 Å². The second-order valence-corrected chi connectivity index (χ2v) is 6.88. The standard InChI is InChI=1S/C14H22N6O/c1-8(9-5-6-9)17-10(14(2,3)4)13-18-12(20-21-13)11-15-7-16-19-11/h7-10,17H,5-6H2,1-4H3,(H,15,16,19)/t8-,10+/m0/s1. The van der Waals surface area contributed by atoms with Gasteiger partial charge >= 0.3 is 0 Å². The molecule has 0 bridgehead atoms. The maximum atomic E-state index is 5.47. The molecule has 2 aromatic heterocycles. The summed E-state index contributed by atoms with van der Waals surface area (Å²) in [6.45, 7) is 8.73. The van der Waals surface area contributed by atoms with Gasteiger partial charge in [-0.3, -0.25) is 5.10 Å². The summed E-state index contributed by atoms with van der Waals surface area (Å²) in [5, 5.41) is 14.2. The van der Waals surface area contributed by atoms with Gasteiger partial charge in [0.05, 0.1) is 6.04 Å². The summed E-state index contributed by atoms with van der Waals surface area (Å²) in [6.07, 6.45) is 4.04. The zero-order valence-electron chi connectivity index (χ0n) is 12.9. The molecule has 114 valence electrons. The minimum absolute atomic E-state index is 0.0114. The average molecular weight is 290 g/mol. The second kappa shape index (κ2) is 5.22. The maximum absolute atomic E-state index is 5.47. The van der Waals surface area contributed by atoms with E-state index in [4.69, 9.17) is 4.52 Å². The Bertz CT molecular complexity index is 581. The van der Waals surface area contributed by atoms with Crippen LogP contribution in [-0.2, 0) is 0 Å². The number of H-pyrrole nitrogens is 1. The zero-order valence-corrected chi connectivity index (χ0v) is 12.9. The van der Waals surface area contributed by atoms with Gasteiger partial charge in [0, 0.05) is 6.04 Å². The summed E-state index contributed by atoms with van der Waals surface area (Å²) in [5.41, 5.74) is -0.0195. The Kier molecular flexibility index (Phi) is 3.52. The van der Waals surface area contributed by atoms with E-state index < -0.39 is 0 Å². The second-order valence-electron chi connectivity index (χ2n) is 6.88. The topological polar surface area (TPSA) is 92.5 Å². The highest BCUT2D eigenvalue weighted by atomic mass is 16.5. The molecule has 0 amide bonds. The molecular weight excluding hydrogens is 268 g/mol. The molecule has 0 spiro atoms. The van der Waals surface area contributed by atoms with Gasteiger partial charge in [0.2, 0.25) is 11.7 Å². The lowest BCUT2D eigenvalue weighted by atomic mass is 9.86. The van der Waals surface area contributed by atoms with Crippen LogP contribution in [-0.4, -0.2) is 31.4 Å². The molecule has 0 aliphatic heterocycles. The third-order valence-electron chi connectivity index (χ3n) is 3.94. The fourth-order valence-electron chi connectivity index (χ4n) is 2.45. The fourth-order valence-corrected chi connectivity index (χ4v) is 2.45. The number of nitrogens with one attached hydrogen (secondary N) is 2. The average Bonchev–Trinajstić information content (AvgIpc) is 2.93. The lowest BCUT2D eigenvalue weighted by Gasteiger charge is -2.31. The Morgan fingerprint density at radius 1 is 1.38 bits per heavy atom. The number of hydrogen-bond donors (Lipinski definition) is 2. The lowest BCUT2D eigenvalue weighted by molar-refractivity contribution is 0.194. The monoisotopic (exact) mass is 290 g/mol. The fraction of sp³-hybridized carbons (Fsp3) is 0.714. The molecule has 7 heteroatoms. The van der Waals surface area contributed by atoms with Crippen molar-refractivity contribution in [1.82, 2.24) is 30.6 Å². The first-order chi connectivity index (χ1) is 9.95. The number of nitrogens with zero attached hydrogens (tertiary/aromatic N) is 4. The van der Waals surface area contributed by atoms with Crippen LogP contribution in [0.3, 0.4) is 0 Å². The Morgan fingerprint density at radius 3 is 2.71 bits per heavy atom. The van der Waals surface area contributed by atoms with Crippen molar-refractivity contribution in [2.75, 3.05) is 0 Å². The smallest absolute Gasteiger partial charge is 0.244 e. The highest BCUT2D eigenvalue weighted by Crippen LogP contribution is 2.37. The third-order valence-corrected chi connectivity index (χ3v) is 3.94.